The van der Waals surface area contributed by atoms with Gasteiger partial charge < -0.3 is 19.1 Å². The summed E-state index contributed by atoms with van der Waals surface area (Å²) in [6.45, 7) is 3.82. The molecule has 2 fully saturated rings. The van der Waals surface area contributed by atoms with Crippen LogP contribution in [0.15, 0.2) is 54.6 Å². The van der Waals surface area contributed by atoms with Crippen LogP contribution in [0.1, 0.15) is 31.2 Å². The topological polar surface area (TPSA) is 48.0 Å². The lowest BCUT2D eigenvalue weighted by atomic mass is 9.84. The van der Waals surface area contributed by atoms with E-state index in [0.29, 0.717) is 32.2 Å². The van der Waals surface area contributed by atoms with E-state index in [9.17, 15) is 4.79 Å². The van der Waals surface area contributed by atoms with E-state index >= 15 is 0 Å². The number of hydrogen-bond acceptors (Lipinski definition) is 5. The number of benzene rings is 3. The van der Waals surface area contributed by atoms with E-state index in [-0.39, 0.29) is 11.8 Å². The minimum absolute atomic E-state index is 0.178. The Morgan fingerprint density at radius 1 is 0.973 bits per heavy atom. The van der Waals surface area contributed by atoms with Crippen molar-refractivity contribution >= 4 is 37.4 Å². The highest BCUT2D eigenvalue weighted by molar-refractivity contribution is 7.25. The monoisotopic (exact) mass is 513 g/mol. The van der Waals surface area contributed by atoms with Gasteiger partial charge in [-0.3, -0.25) is 4.79 Å². The van der Waals surface area contributed by atoms with Crippen LogP contribution >= 0.6 is 11.3 Å². The van der Waals surface area contributed by atoms with Gasteiger partial charge in [0.15, 0.2) is 11.5 Å². The van der Waals surface area contributed by atoms with Gasteiger partial charge in [0.05, 0.1) is 19.8 Å². The third kappa shape index (κ3) is 4.36. The minimum atomic E-state index is 0.178. The minimum Gasteiger partial charge on any atom is -0.489 e. The molecular weight excluding hydrogens is 482 g/mol. The standard InChI is InChI=1S/C31H31NO4S/c33-31(21-4-3-5-21)32-11-13-35-30-24(17-32)14-23(16-27(30)36-19-20-10-12-34-18-20)22-8-9-29-26(15-22)25-6-1-2-7-28(25)37-29/h1-2,6-9,14-16,20-21H,3-5,10-13,17-19H2/t20-/m1/s1. The zero-order valence-electron chi connectivity index (χ0n) is 20.9. The lowest BCUT2D eigenvalue weighted by Crippen LogP contribution is -2.39. The van der Waals surface area contributed by atoms with Gasteiger partial charge in [0.2, 0.25) is 5.91 Å². The predicted octanol–water partition coefficient (Wildman–Crippen LogP) is 6.66. The molecule has 1 aliphatic carbocycles. The second-order valence-corrected chi connectivity index (χ2v) is 11.6. The van der Waals surface area contributed by atoms with Crippen LogP contribution in [-0.4, -0.2) is 43.8 Å². The molecule has 6 heteroatoms. The van der Waals surface area contributed by atoms with Gasteiger partial charge in [0.25, 0.3) is 0 Å². The van der Waals surface area contributed by atoms with Crippen LogP contribution in [0.4, 0.5) is 0 Å². The second-order valence-electron chi connectivity index (χ2n) is 10.5. The van der Waals surface area contributed by atoms with Crippen molar-refractivity contribution < 1.29 is 19.0 Å². The molecule has 3 aromatic carbocycles. The van der Waals surface area contributed by atoms with Crippen molar-refractivity contribution in [1.82, 2.24) is 4.90 Å². The van der Waals surface area contributed by atoms with E-state index in [1.54, 1.807) is 0 Å². The summed E-state index contributed by atoms with van der Waals surface area (Å²) in [4.78, 5) is 15.1. The zero-order valence-corrected chi connectivity index (χ0v) is 21.7. The van der Waals surface area contributed by atoms with E-state index in [4.69, 9.17) is 14.2 Å². The molecule has 0 spiro atoms. The molecule has 1 saturated heterocycles. The fourth-order valence-corrected chi connectivity index (χ4v) is 6.77. The number of fused-ring (bicyclic) bond motifs is 4. The van der Waals surface area contributed by atoms with Crippen LogP contribution < -0.4 is 9.47 Å². The Hall–Kier alpha value is -3.09. The van der Waals surface area contributed by atoms with Gasteiger partial charge in [-0.1, -0.05) is 30.7 Å². The van der Waals surface area contributed by atoms with Crippen LogP contribution in [0.2, 0.25) is 0 Å². The number of rotatable bonds is 5. The molecule has 1 saturated carbocycles. The molecule has 0 bridgehead atoms. The maximum absolute atomic E-state index is 13.2. The average Bonchev–Trinajstić information content (AvgIpc) is 3.48. The van der Waals surface area contributed by atoms with Gasteiger partial charge in [-0.15, -0.1) is 11.3 Å². The predicted molar refractivity (Wildman–Crippen MR) is 147 cm³/mol. The summed E-state index contributed by atoms with van der Waals surface area (Å²) < 4.78 is 20.8. The number of carbonyl (C=O) groups is 1. The highest BCUT2D eigenvalue weighted by Gasteiger charge is 2.32. The van der Waals surface area contributed by atoms with Crippen molar-refractivity contribution in [2.24, 2.45) is 11.8 Å². The summed E-state index contributed by atoms with van der Waals surface area (Å²) in [5.41, 5.74) is 3.26. The molecule has 5 nitrogen and oxygen atoms in total. The number of nitrogens with zero attached hydrogens (tertiary/aromatic N) is 1. The molecular formula is C31H31NO4S. The second kappa shape index (κ2) is 9.66. The summed E-state index contributed by atoms with van der Waals surface area (Å²) in [7, 11) is 0. The molecule has 3 aliphatic rings. The molecule has 3 heterocycles. The normalized spacial score (nSPS) is 19.9. The summed E-state index contributed by atoms with van der Waals surface area (Å²) in [5, 5.41) is 2.56. The number of ether oxygens (including phenoxy) is 3. The maximum atomic E-state index is 13.2. The SMILES string of the molecule is O=C(C1CCC1)N1CCOc2c(cc(-c3ccc4sc5ccccc5c4c3)cc2OC[C@@H]2CCOC2)C1. The Balaban J connectivity index is 1.28. The quantitative estimate of drug-likeness (QED) is 0.300. The smallest absolute Gasteiger partial charge is 0.226 e. The van der Waals surface area contributed by atoms with E-state index in [1.165, 1.54) is 20.2 Å². The molecule has 1 aromatic heterocycles. The molecule has 1 atom stereocenters. The van der Waals surface area contributed by atoms with Crippen molar-refractivity contribution in [3.63, 3.8) is 0 Å². The maximum Gasteiger partial charge on any atom is 0.226 e. The van der Waals surface area contributed by atoms with Gasteiger partial charge in [-0.25, -0.2) is 0 Å². The lowest BCUT2D eigenvalue weighted by molar-refractivity contribution is -0.138. The Labute approximate surface area is 220 Å². The first-order valence-corrected chi connectivity index (χ1v) is 14.3. The molecule has 0 N–H and O–H groups in total. The summed E-state index contributed by atoms with van der Waals surface area (Å²) in [6, 6.07) is 19.6. The Morgan fingerprint density at radius 2 is 1.86 bits per heavy atom. The fraction of sp³-hybridized carbons (Fsp3) is 0.387. The van der Waals surface area contributed by atoms with Crippen LogP contribution in [0.5, 0.6) is 11.5 Å². The molecule has 37 heavy (non-hydrogen) atoms. The Kier molecular flexibility index (Phi) is 6.02. The van der Waals surface area contributed by atoms with E-state index in [1.807, 2.05) is 16.2 Å². The number of hydrogen-bond donors (Lipinski definition) is 0. The van der Waals surface area contributed by atoms with E-state index in [2.05, 4.69) is 54.6 Å². The van der Waals surface area contributed by atoms with Gasteiger partial charge in [0, 0.05) is 50.7 Å². The number of carbonyl (C=O) groups excluding carboxylic acids is 1. The van der Waals surface area contributed by atoms with E-state index < -0.39 is 0 Å². The molecule has 2 aliphatic heterocycles. The third-order valence-electron chi connectivity index (χ3n) is 8.08. The molecule has 0 radical (unpaired) electrons. The largest absolute Gasteiger partial charge is 0.489 e. The highest BCUT2D eigenvalue weighted by atomic mass is 32.1. The van der Waals surface area contributed by atoms with Gasteiger partial charge in [-0.05, 0) is 60.7 Å². The van der Waals surface area contributed by atoms with Crippen molar-refractivity contribution in [3.05, 3.63) is 60.2 Å². The van der Waals surface area contributed by atoms with Crippen molar-refractivity contribution in [3.8, 4) is 22.6 Å². The first-order chi connectivity index (χ1) is 18.2. The zero-order chi connectivity index (χ0) is 24.8. The van der Waals surface area contributed by atoms with Crippen LogP contribution in [0, 0.1) is 11.8 Å². The Morgan fingerprint density at radius 3 is 2.70 bits per heavy atom. The van der Waals surface area contributed by atoms with Crippen LogP contribution in [-0.2, 0) is 16.1 Å². The average molecular weight is 514 g/mol. The van der Waals surface area contributed by atoms with E-state index in [0.717, 1.165) is 67.1 Å². The summed E-state index contributed by atoms with van der Waals surface area (Å²) in [6.07, 6.45) is 4.20. The van der Waals surface area contributed by atoms with Crippen molar-refractivity contribution in [2.75, 3.05) is 33.0 Å². The molecule has 4 aromatic rings. The lowest BCUT2D eigenvalue weighted by Gasteiger charge is -2.30. The molecule has 7 rings (SSSR count). The van der Waals surface area contributed by atoms with Gasteiger partial charge in [-0.2, -0.15) is 0 Å². The first-order valence-electron chi connectivity index (χ1n) is 13.4. The van der Waals surface area contributed by atoms with Gasteiger partial charge in [0.1, 0.15) is 6.61 Å². The van der Waals surface area contributed by atoms with Crippen molar-refractivity contribution in [2.45, 2.75) is 32.2 Å². The highest BCUT2D eigenvalue weighted by Crippen LogP contribution is 2.42. The number of thiophene rings is 1. The molecule has 1 amide bonds. The first kappa shape index (κ1) is 23.1. The summed E-state index contributed by atoms with van der Waals surface area (Å²) in [5.74, 6) is 2.40. The summed E-state index contributed by atoms with van der Waals surface area (Å²) >= 11 is 1.83. The fourth-order valence-electron chi connectivity index (χ4n) is 5.69. The van der Waals surface area contributed by atoms with Crippen molar-refractivity contribution in [1.29, 1.82) is 0 Å². The third-order valence-corrected chi connectivity index (χ3v) is 9.23. The molecule has 0 unspecified atom stereocenters. The number of amides is 1. The van der Waals surface area contributed by atoms with Gasteiger partial charge >= 0.3 is 0 Å². The van der Waals surface area contributed by atoms with Crippen LogP contribution in [0.3, 0.4) is 0 Å². The van der Waals surface area contributed by atoms with Crippen LogP contribution in [0.25, 0.3) is 31.3 Å². The Bertz CT molecular complexity index is 1470. The molecule has 190 valence electrons.